The molecule has 5 heteroatoms. The largest absolute Gasteiger partial charge is 0.311 e. The number of aromatic nitrogens is 2. The summed E-state index contributed by atoms with van der Waals surface area (Å²) in [5.41, 5.74) is 2.50. The average Bonchev–Trinajstić information content (AvgIpc) is 2.63. The molecule has 2 aliphatic carbocycles. The summed E-state index contributed by atoms with van der Waals surface area (Å²) in [5.74, 6) is 2.61. The standard InChI is InChI=1S/C19H29N3OS/c23-19-13-14-3-1-2-4-18(14)21-22(19)17-7-5-15(6-8-17)20-16-9-11-24-12-10-16/h13,15-17,20H,1-12H2. The molecule has 0 radical (unpaired) electrons. The Kier molecular flexibility index (Phi) is 5.28. The van der Waals surface area contributed by atoms with Crippen molar-refractivity contribution in [3.63, 3.8) is 0 Å². The molecule has 3 aliphatic rings. The van der Waals surface area contributed by atoms with E-state index in [-0.39, 0.29) is 5.56 Å². The molecule has 0 unspecified atom stereocenters. The van der Waals surface area contributed by atoms with Crippen molar-refractivity contribution in [2.24, 2.45) is 0 Å². The monoisotopic (exact) mass is 347 g/mol. The van der Waals surface area contributed by atoms with E-state index in [1.54, 1.807) is 0 Å². The molecule has 24 heavy (non-hydrogen) atoms. The molecule has 1 aromatic heterocycles. The molecule has 132 valence electrons. The van der Waals surface area contributed by atoms with Gasteiger partial charge in [0, 0.05) is 18.2 Å². The molecule has 2 heterocycles. The van der Waals surface area contributed by atoms with Crippen molar-refractivity contribution in [1.82, 2.24) is 15.1 Å². The van der Waals surface area contributed by atoms with E-state index in [1.807, 2.05) is 10.7 Å². The van der Waals surface area contributed by atoms with Crippen molar-refractivity contribution >= 4 is 11.8 Å². The van der Waals surface area contributed by atoms with E-state index in [0.29, 0.717) is 12.1 Å². The highest BCUT2D eigenvalue weighted by Crippen LogP contribution is 2.29. The van der Waals surface area contributed by atoms with Crippen LogP contribution in [0.2, 0.25) is 0 Å². The highest BCUT2D eigenvalue weighted by Gasteiger charge is 2.26. The van der Waals surface area contributed by atoms with Gasteiger partial charge in [-0.05, 0) is 81.3 Å². The number of hydrogen-bond donors (Lipinski definition) is 1. The van der Waals surface area contributed by atoms with Crippen LogP contribution in [-0.4, -0.2) is 33.4 Å². The Morgan fingerprint density at radius 2 is 1.71 bits per heavy atom. The molecule has 1 aliphatic heterocycles. The molecule has 0 amide bonds. The van der Waals surface area contributed by atoms with Crippen LogP contribution >= 0.6 is 11.8 Å². The predicted octanol–water partition coefficient (Wildman–Crippen LogP) is 3.09. The lowest BCUT2D eigenvalue weighted by molar-refractivity contribution is 0.250. The minimum Gasteiger partial charge on any atom is -0.311 e. The first-order valence-corrected chi connectivity index (χ1v) is 10.9. The summed E-state index contributed by atoms with van der Waals surface area (Å²) in [6, 6.07) is 3.54. The second-order valence-electron chi connectivity index (χ2n) is 7.66. The summed E-state index contributed by atoms with van der Waals surface area (Å²) in [6.45, 7) is 0. The van der Waals surface area contributed by atoms with Crippen LogP contribution in [0.4, 0.5) is 0 Å². The van der Waals surface area contributed by atoms with E-state index >= 15 is 0 Å². The maximum atomic E-state index is 12.5. The van der Waals surface area contributed by atoms with Crippen molar-refractivity contribution in [1.29, 1.82) is 0 Å². The number of thioether (sulfide) groups is 1. The van der Waals surface area contributed by atoms with Gasteiger partial charge >= 0.3 is 0 Å². The zero-order valence-corrected chi connectivity index (χ0v) is 15.3. The molecule has 1 saturated carbocycles. The minimum absolute atomic E-state index is 0.122. The van der Waals surface area contributed by atoms with Crippen LogP contribution in [0, 0.1) is 0 Å². The van der Waals surface area contributed by atoms with Gasteiger partial charge in [0.25, 0.3) is 5.56 Å². The Morgan fingerprint density at radius 1 is 1.00 bits per heavy atom. The van der Waals surface area contributed by atoms with Gasteiger partial charge in [0.15, 0.2) is 0 Å². The fraction of sp³-hybridized carbons (Fsp3) is 0.789. The topological polar surface area (TPSA) is 46.9 Å². The van der Waals surface area contributed by atoms with Gasteiger partial charge in [-0.2, -0.15) is 16.9 Å². The van der Waals surface area contributed by atoms with Crippen molar-refractivity contribution < 1.29 is 0 Å². The molecule has 4 nitrogen and oxygen atoms in total. The summed E-state index contributed by atoms with van der Waals surface area (Å²) in [6.07, 6.45) is 11.7. The van der Waals surface area contributed by atoms with Gasteiger partial charge in [-0.1, -0.05) is 0 Å². The van der Waals surface area contributed by atoms with E-state index in [1.165, 1.54) is 61.3 Å². The summed E-state index contributed by atoms with van der Waals surface area (Å²) < 4.78 is 1.82. The number of aryl methyl sites for hydroxylation is 2. The van der Waals surface area contributed by atoms with Gasteiger partial charge in [0.2, 0.25) is 0 Å². The molecular formula is C19H29N3OS. The lowest BCUT2D eigenvalue weighted by Gasteiger charge is -2.34. The Morgan fingerprint density at radius 3 is 2.50 bits per heavy atom. The third-order valence-electron chi connectivity index (χ3n) is 5.97. The Balaban J connectivity index is 1.38. The zero-order chi connectivity index (χ0) is 16.4. The highest BCUT2D eigenvalue weighted by atomic mass is 32.2. The Hall–Kier alpha value is -0.810. The SMILES string of the molecule is O=c1cc2c(nn1C1CCC(NC3CCSCC3)CC1)CCCC2. The molecule has 1 N–H and O–H groups in total. The van der Waals surface area contributed by atoms with Crippen LogP contribution in [0.3, 0.4) is 0 Å². The van der Waals surface area contributed by atoms with E-state index < -0.39 is 0 Å². The van der Waals surface area contributed by atoms with Crippen molar-refractivity contribution in [2.45, 2.75) is 82.3 Å². The number of fused-ring (bicyclic) bond motifs is 1. The van der Waals surface area contributed by atoms with Crippen LogP contribution in [-0.2, 0) is 12.8 Å². The third kappa shape index (κ3) is 3.72. The van der Waals surface area contributed by atoms with Crippen LogP contribution < -0.4 is 10.9 Å². The maximum Gasteiger partial charge on any atom is 0.267 e. The van der Waals surface area contributed by atoms with Crippen LogP contribution in [0.25, 0.3) is 0 Å². The first kappa shape index (κ1) is 16.6. The molecule has 0 spiro atoms. The van der Waals surface area contributed by atoms with Crippen molar-refractivity contribution in [3.8, 4) is 0 Å². The normalized spacial score (nSPS) is 28.5. The number of rotatable bonds is 3. The van der Waals surface area contributed by atoms with Crippen LogP contribution in [0.15, 0.2) is 10.9 Å². The van der Waals surface area contributed by atoms with Gasteiger partial charge in [-0.3, -0.25) is 4.79 Å². The lowest BCUT2D eigenvalue weighted by atomic mass is 9.90. The lowest BCUT2D eigenvalue weighted by Crippen LogP contribution is -2.43. The number of hydrogen-bond acceptors (Lipinski definition) is 4. The van der Waals surface area contributed by atoms with Crippen LogP contribution in [0.5, 0.6) is 0 Å². The minimum atomic E-state index is 0.122. The first-order chi connectivity index (χ1) is 11.8. The third-order valence-corrected chi connectivity index (χ3v) is 7.02. The summed E-state index contributed by atoms with van der Waals surface area (Å²) in [4.78, 5) is 12.5. The van der Waals surface area contributed by atoms with Gasteiger partial charge in [-0.25, -0.2) is 4.68 Å². The Bertz CT molecular complexity index is 616. The van der Waals surface area contributed by atoms with Gasteiger partial charge in [-0.15, -0.1) is 0 Å². The average molecular weight is 348 g/mol. The second-order valence-corrected chi connectivity index (χ2v) is 8.89. The summed E-state index contributed by atoms with van der Waals surface area (Å²) in [5, 5.41) is 8.63. The van der Waals surface area contributed by atoms with Crippen molar-refractivity contribution in [2.75, 3.05) is 11.5 Å². The maximum absolute atomic E-state index is 12.5. The Labute approximate surface area is 148 Å². The highest BCUT2D eigenvalue weighted by molar-refractivity contribution is 7.99. The molecule has 0 bridgehead atoms. The predicted molar refractivity (Wildman–Crippen MR) is 99.9 cm³/mol. The van der Waals surface area contributed by atoms with E-state index in [4.69, 9.17) is 5.10 Å². The molecule has 0 atom stereocenters. The van der Waals surface area contributed by atoms with Crippen LogP contribution in [0.1, 0.15) is 68.7 Å². The molecule has 1 aromatic rings. The molecule has 1 saturated heterocycles. The smallest absolute Gasteiger partial charge is 0.267 e. The summed E-state index contributed by atoms with van der Waals surface area (Å²) in [7, 11) is 0. The van der Waals surface area contributed by atoms with Gasteiger partial charge < -0.3 is 5.32 Å². The fourth-order valence-corrected chi connectivity index (χ4v) is 5.63. The van der Waals surface area contributed by atoms with E-state index in [9.17, 15) is 4.79 Å². The van der Waals surface area contributed by atoms with Gasteiger partial charge in [0.05, 0.1) is 11.7 Å². The number of nitrogens with one attached hydrogen (secondary N) is 1. The zero-order valence-electron chi connectivity index (χ0n) is 14.5. The van der Waals surface area contributed by atoms with E-state index in [0.717, 1.165) is 31.7 Å². The van der Waals surface area contributed by atoms with Gasteiger partial charge in [0.1, 0.15) is 0 Å². The fourth-order valence-electron chi connectivity index (χ4n) is 4.52. The quantitative estimate of drug-likeness (QED) is 0.913. The molecule has 2 fully saturated rings. The summed E-state index contributed by atoms with van der Waals surface area (Å²) >= 11 is 2.08. The first-order valence-electron chi connectivity index (χ1n) is 9.75. The van der Waals surface area contributed by atoms with E-state index in [2.05, 4.69) is 17.1 Å². The molecular weight excluding hydrogens is 318 g/mol. The molecule has 0 aromatic carbocycles. The second kappa shape index (κ2) is 7.61. The van der Waals surface area contributed by atoms with Crippen molar-refractivity contribution in [3.05, 3.63) is 27.7 Å². The number of nitrogens with zero attached hydrogens (tertiary/aromatic N) is 2. The molecule has 4 rings (SSSR count).